The molecule has 1 unspecified atom stereocenters. The van der Waals surface area contributed by atoms with Gasteiger partial charge in [0.05, 0.1) is 0 Å². The van der Waals surface area contributed by atoms with Crippen LogP contribution >= 0.6 is 11.3 Å². The third kappa shape index (κ3) is 5.16. The zero-order chi connectivity index (χ0) is 15.4. The first kappa shape index (κ1) is 17.6. The Morgan fingerprint density at radius 2 is 1.95 bits per heavy atom. The van der Waals surface area contributed by atoms with Crippen LogP contribution in [-0.2, 0) is 16.6 Å². The molecule has 1 atom stereocenters. The lowest BCUT2D eigenvalue weighted by atomic mass is 9.89. The van der Waals surface area contributed by atoms with Crippen molar-refractivity contribution in [2.45, 2.75) is 57.8 Å². The van der Waals surface area contributed by atoms with Gasteiger partial charge in [-0.3, -0.25) is 0 Å². The molecule has 4 nitrogen and oxygen atoms in total. The van der Waals surface area contributed by atoms with Crippen LogP contribution in [0.15, 0.2) is 16.3 Å². The molecule has 1 heterocycles. The fourth-order valence-corrected chi connectivity index (χ4v) is 4.25. The first-order valence-electron chi connectivity index (χ1n) is 6.98. The lowest BCUT2D eigenvalue weighted by Crippen LogP contribution is -2.41. The van der Waals surface area contributed by atoms with Gasteiger partial charge >= 0.3 is 0 Å². The second kappa shape index (κ2) is 7.02. The minimum absolute atomic E-state index is 0.101. The van der Waals surface area contributed by atoms with Crippen LogP contribution in [0, 0.1) is 5.41 Å². The highest BCUT2D eigenvalue weighted by atomic mass is 32.2. The molecule has 0 radical (unpaired) electrons. The number of thiophene rings is 1. The van der Waals surface area contributed by atoms with Gasteiger partial charge in [-0.2, -0.15) is 0 Å². The molecule has 1 aromatic rings. The summed E-state index contributed by atoms with van der Waals surface area (Å²) in [4.78, 5) is 1.04. The molecule has 0 spiro atoms. The third-order valence-corrected chi connectivity index (χ3v) is 6.38. The maximum atomic E-state index is 12.3. The zero-order valence-electron chi connectivity index (χ0n) is 13.0. The largest absolute Gasteiger partial charge is 0.312 e. The topological polar surface area (TPSA) is 58.2 Å². The summed E-state index contributed by atoms with van der Waals surface area (Å²) < 4.78 is 27.8. The van der Waals surface area contributed by atoms with Gasteiger partial charge in [-0.15, -0.1) is 11.3 Å². The Bertz CT molecular complexity index is 516. The van der Waals surface area contributed by atoms with E-state index in [2.05, 4.69) is 17.0 Å². The van der Waals surface area contributed by atoms with Gasteiger partial charge in [0.2, 0.25) is 10.0 Å². The normalized spacial score (nSPS) is 14.4. The van der Waals surface area contributed by atoms with Crippen LogP contribution in [0.25, 0.3) is 0 Å². The van der Waals surface area contributed by atoms with Crippen molar-refractivity contribution in [3.05, 3.63) is 17.0 Å². The molecule has 0 bridgehead atoms. The van der Waals surface area contributed by atoms with Crippen molar-refractivity contribution in [2.75, 3.05) is 6.54 Å². The summed E-state index contributed by atoms with van der Waals surface area (Å²) in [6, 6.07) is 3.45. The van der Waals surface area contributed by atoms with E-state index in [-0.39, 0.29) is 11.5 Å². The summed E-state index contributed by atoms with van der Waals surface area (Å²) >= 11 is 1.33. The molecule has 1 rings (SSSR count). The molecule has 0 saturated carbocycles. The summed E-state index contributed by atoms with van der Waals surface area (Å²) in [6.45, 7) is 11.7. The summed E-state index contributed by atoms with van der Waals surface area (Å²) in [7, 11) is -3.41. The molecular formula is C14H26N2O2S2. The molecule has 0 aromatic carbocycles. The van der Waals surface area contributed by atoms with E-state index in [9.17, 15) is 8.42 Å². The predicted octanol–water partition coefficient (Wildman–Crippen LogP) is 2.96. The monoisotopic (exact) mass is 318 g/mol. The van der Waals surface area contributed by atoms with Crippen LogP contribution in [0.3, 0.4) is 0 Å². The van der Waals surface area contributed by atoms with Gasteiger partial charge in [0, 0.05) is 17.5 Å². The molecule has 0 amide bonds. The fraction of sp³-hybridized carbons (Fsp3) is 0.714. The molecule has 2 N–H and O–H groups in total. The van der Waals surface area contributed by atoms with Crippen LogP contribution in [0.1, 0.15) is 45.9 Å². The van der Waals surface area contributed by atoms with Crippen molar-refractivity contribution in [3.8, 4) is 0 Å². The van der Waals surface area contributed by atoms with Crippen molar-refractivity contribution in [1.82, 2.24) is 10.0 Å². The number of hydrogen-bond donors (Lipinski definition) is 2. The van der Waals surface area contributed by atoms with Gasteiger partial charge in [-0.1, -0.05) is 27.7 Å². The van der Waals surface area contributed by atoms with Crippen LogP contribution < -0.4 is 10.0 Å². The molecular weight excluding hydrogens is 292 g/mol. The molecule has 0 fully saturated rings. The average Bonchev–Trinajstić information content (AvgIpc) is 2.77. The molecule has 1 aromatic heterocycles. The minimum atomic E-state index is -3.41. The Morgan fingerprint density at radius 3 is 2.50 bits per heavy atom. The van der Waals surface area contributed by atoms with E-state index < -0.39 is 10.0 Å². The number of sulfonamides is 1. The summed E-state index contributed by atoms with van der Waals surface area (Å²) in [6.07, 6.45) is 1.07. The van der Waals surface area contributed by atoms with E-state index in [4.69, 9.17) is 0 Å². The van der Waals surface area contributed by atoms with Gasteiger partial charge in [0.1, 0.15) is 4.21 Å². The first-order chi connectivity index (χ1) is 9.16. The van der Waals surface area contributed by atoms with Gasteiger partial charge < -0.3 is 5.32 Å². The van der Waals surface area contributed by atoms with Crippen molar-refractivity contribution in [3.63, 3.8) is 0 Å². The number of rotatable bonds is 7. The second-order valence-electron chi connectivity index (χ2n) is 6.11. The Kier molecular flexibility index (Phi) is 6.19. The maximum absolute atomic E-state index is 12.3. The molecule has 6 heteroatoms. The van der Waals surface area contributed by atoms with Crippen molar-refractivity contribution in [2.24, 2.45) is 5.41 Å². The Morgan fingerprint density at radius 1 is 1.30 bits per heavy atom. The van der Waals surface area contributed by atoms with Crippen LogP contribution in [0.4, 0.5) is 0 Å². The summed E-state index contributed by atoms with van der Waals surface area (Å²) in [5.74, 6) is 0. The highest BCUT2D eigenvalue weighted by Crippen LogP contribution is 2.25. The van der Waals surface area contributed by atoms with Crippen molar-refractivity contribution in [1.29, 1.82) is 0 Å². The van der Waals surface area contributed by atoms with Gasteiger partial charge in [-0.05, 0) is 37.4 Å². The van der Waals surface area contributed by atoms with Crippen LogP contribution in [0.2, 0.25) is 0 Å². The van der Waals surface area contributed by atoms with Crippen molar-refractivity contribution >= 4 is 21.4 Å². The van der Waals surface area contributed by atoms with Crippen LogP contribution in [-0.4, -0.2) is 21.0 Å². The Labute approximate surface area is 127 Å². The zero-order valence-corrected chi connectivity index (χ0v) is 14.6. The van der Waals surface area contributed by atoms with E-state index in [1.54, 1.807) is 6.07 Å². The lowest BCUT2D eigenvalue weighted by molar-refractivity contribution is 0.318. The smallest absolute Gasteiger partial charge is 0.250 e. The Balaban J connectivity index is 2.73. The first-order valence-corrected chi connectivity index (χ1v) is 9.28. The molecule has 0 aliphatic carbocycles. The average molecular weight is 319 g/mol. The van der Waals surface area contributed by atoms with E-state index in [0.717, 1.165) is 24.4 Å². The second-order valence-corrected chi connectivity index (χ2v) is 9.22. The summed E-state index contributed by atoms with van der Waals surface area (Å²) in [5.41, 5.74) is -0.101. The number of nitrogens with one attached hydrogen (secondary N) is 2. The Hall–Kier alpha value is -0.430. The quantitative estimate of drug-likeness (QED) is 0.760. The summed E-state index contributed by atoms with van der Waals surface area (Å²) in [5, 5.41) is 3.28. The fourth-order valence-electron chi connectivity index (χ4n) is 1.45. The standard InChI is InChI=1S/C14H26N2O2S2/c1-6-9-15-10-12-7-8-13(19-12)20(17,18)16-11(2)14(3,4)5/h7-8,11,15-16H,6,9-10H2,1-5H3. The van der Waals surface area contributed by atoms with Gasteiger partial charge in [0.25, 0.3) is 0 Å². The SMILES string of the molecule is CCCNCc1ccc(S(=O)(=O)NC(C)C(C)(C)C)s1. The van der Waals surface area contributed by atoms with E-state index in [1.807, 2.05) is 33.8 Å². The predicted molar refractivity (Wildman–Crippen MR) is 85.6 cm³/mol. The molecule has 116 valence electrons. The highest BCUT2D eigenvalue weighted by molar-refractivity contribution is 7.91. The molecule has 0 saturated heterocycles. The van der Waals surface area contributed by atoms with E-state index in [0.29, 0.717) is 4.21 Å². The molecule has 0 aliphatic rings. The third-order valence-electron chi connectivity index (χ3n) is 3.26. The lowest BCUT2D eigenvalue weighted by Gasteiger charge is -2.27. The number of hydrogen-bond acceptors (Lipinski definition) is 4. The van der Waals surface area contributed by atoms with E-state index >= 15 is 0 Å². The van der Waals surface area contributed by atoms with Gasteiger partial charge in [0.15, 0.2) is 0 Å². The van der Waals surface area contributed by atoms with E-state index in [1.165, 1.54) is 11.3 Å². The highest BCUT2D eigenvalue weighted by Gasteiger charge is 2.26. The van der Waals surface area contributed by atoms with Crippen molar-refractivity contribution < 1.29 is 8.42 Å². The molecule has 0 aliphatic heterocycles. The minimum Gasteiger partial charge on any atom is -0.312 e. The van der Waals surface area contributed by atoms with Gasteiger partial charge in [-0.25, -0.2) is 13.1 Å². The maximum Gasteiger partial charge on any atom is 0.250 e. The van der Waals surface area contributed by atoms with Crippen LogP contribution in [0.5, 0.6) is 0 Å². The molecule has 20 heavy (non-hydrogen) atoms.